The fraction of sp³-hybridized carbons (Fsp3) is 0.636. The van der Waals surface area contributed by atoms with Gasteiger partial charge in [-0.2, -0.15) is 0 Å². The molecule has 3 heteroatoms. The summed E-state index contributed by atoms with van der Waals surface area (Å²) in [6, 6.07) is 0. The second-order valence-corrected chi connectivity index (χ2v) is 4.19. The van der Waals surface area contributed by atoms with Crippen molar-refractivity contribution in [2.45, 2.75) is 39.2 Å². The molecule has 0 amide bonds. The van der Waals surface area contributed by atoms with Crippen molar-refractivity contribution in [2.24, 2.45) is 5.92 Å². The third kappa shape index (κ3) is 6.40. The molecule has 0 spiro atoms. The van der Waals surface area contributed by atoms with Crippen LogP contribution in [-0.2, 0) is 14.3 Å². The Hall–Kier alpha value is -1.12. The number of aldehydes is 1. The minimum absolute atomic E-state index is 0.109. The van der Waals surface area contributed by atoms with Gasteiger partial charge in [0.15, 0.2) is 0 Å². The van der Waals surface area contributed by atoms with Crippen molar-refractivity contribution >= 4 is 12.3 Å². The van der Waals surface area contributed by atoms with E-state index in [1.54, 1.807) is 6.08 Å². The predicted octanol–water partition coefficient (Wildman–Crippen LogP) is 2.11. The molecule has 0 aromatic heterocycles. The lowest BCUT2D eigenvalue weighted by atomic mass is 10.0. The lowest BCUT2D eigenvalue weighted by Crippen LogP contribution is -2.25. The Labute approximate surface area is 85.1 Å². The van der Waals surface area contributed by atoms with E-state index in [4.69, 9.17) is 4.74 Å². The molecule has 0 aromatic rings. The van der Waals surface area contributed by atoms with Crippen LogP contribution in [0.1, 0.15) is 33.6 Å². The Morgan fingerprint density at radius 2 is 2.07 bits per heavy atom. The first-order valence-corrected chi connectivity index (χ1v) is 4.67. The van der Waals surface area contributed by atoms with Gasteiger partial charge < -0.3 is 9.53 Å². The van der Waals surface area contributed by atoms with Crippen molar-refractivity contribution in [3.63, 3.8) is 0 Å². The average molecular weight is 198 g/mol. The molecule has 0 fully saturated rings. The molecule has 0 aliphatic heterocycles. The van der Waals surface area contributed by atoms with Crippen molar-refractivity contribution in [3.05, 3.63) is 12.7 Å². The predicted molar refractivity (Wildman–Crippen MR) is 54.8 cm³/mol. The van der Waals surface area contributed by atoms with Gasteiger partial charge in [0.1, 0.15) is 11.9 Å². The van der Waals surface area contributed by atoms with Crippen LogP contribution < -0.4 is 0 Å². The fourth-order valence-electron chi connectivity index (χ4n) is 0.984. The highest BCUT2D eigenvalue weighted by Crippen LogP contribution is 2.14. The van der Waals surface area contributed by atoms with Crippen LogP contribution >= 0.6 is 0 Å². The van der Waals surface area contributed by atoms with Crippen LogP contribution in [0.2, 0.25) is 0 Å². The number of hydrogen-bond donors (Lipinski definition) is 0. The van der Waals surface area contributed by atoms with Crippen LogP contribution in [0.3, 0.4) is 0 Å². The smallest absolute Gasteiger partial charge is 0.306 e. The first-order valence-electron chi connectivity index (χ1n) is 4.67. The molecule has 1 atom stereocenters. The van der Waals surface area contributed by atoms with E-state index in [2.05, 4.69) is 6.58 Å². The molecular weight excluding hydrogens is 180 g/mol. The zero-order valence-electron chi connectivity index (χ0n) is 9.08. The maximum Gasteiger partial charge on any atom is 0.306 e. The summed E-state index contributed by atoms with van der Waals surface area (Å²) in [6.45, 7) is 9.00. The highest BCUT2D eigenvalue weighted by Gasteiger charge is 2.18. The van der Waals surface area contributed by atoms with E-state index in [9.17, 15) is 9.59 Å². The minimum atomic E-state index is -0.468. The maximum atomic E-state index is 11.3. The first kappa shape index (κ1) is 12.9. The molecule has 80 valence electrons. The van der Waals surface area contributed by atoms with E-state index in [1.165, 1.54) is 0 Å². The Bertz CT molecular complexity index is 213. The summed E-state index contributed by atoms with van der Waals surface area (Å²) in [6.07, 6.45) is 2.94. The van der Waals surface area contributed by atoms with Crippen molar-refractivity contribution in [2.75, 3.05) is 0 Å². The highest BCUT2D eigenvalue weighted by atomic mass is 16.6. The van der Waals surface area contributed by atoms with Gasteiger partial charge in [0.05, 0.1) is 6.42 Å². The quantitative estimate of drug-likeness (QED) is 0.386. The standard InChI is InChI=1S/C11H18O3/c1-5-9(6-7-12)8-10(13)14-11(2,3)4/h5,7,9H,1,6,8H2,2-4H3/t9-/m0/s1. The second-order valence-electron chi connectivity index (χ2n) is 4.19. The Morgan fingerprint density at radius 3 is 2.43 bits per heavy atom. The molecular formula is C11H18O3. The number of carbonyl (C=O) groups excluding carboxylic acids is 2. The zero-order valence-corrected chi connectivity index (χ0v) is 9.08. The molecule has 0 N–H and O–H groups in total. The number of rotatable bonds is 5. The van der Waals surface area contributed by atoms with Gasteiger partial charge in [0.25, 0.3) is 0 Å². The minimum Gasteiger partial charge on any atom is -0.460 e. The molecule has 0 heterocycles. The van der Waals surface area contributed by atoms with E-state index in [0.717, 1.165) is 6.29 Å². The van der Waals surface area contributed by atoms with Crippen LogP contribution in [0.15, 0.2) is 12.7 Å². The van der Waals surface area contributed by atoms with E-state index in [-0.39, 0.29) is 18.3 Å². The summed E-state index contributed by atoms with van der Waals surface area (Å²) in [5.41, 5.74) is -0.468. The summed E-state index contributed by atoms with van der Waals surface area (Å²) in [5.74, 6) is -0.397. The van der Waals surface area contributed by atoms with Gasteiger partial charge in [-0.25, -0.2) is 0 Å². The molecule has 0 bridgehead atoms. The van der Waals surface area contributed by atoms with E-state index in [1.807, 2.05) is 20.8 Å². The fourth-order valence-corrected chi connectivity index (χ4v) is 0.984. The molecule has 3 nitrogen and oxygen atoms in total. The summed E-state index contributed by atoms with van der Waals surface area (Å²) >= 11 is 0. The molecule has 0 aromatic carbocycles. The molecule has 0 radical (unpaired) electrons. The number of allylic oxidation sites excluding steroid dienone is 1. The lowest BCUT2D eigenvalue weighted by molar-refractivity contribution is -0.155. The number of esters is 1. The van der Waals surface area contributed by atoms with Gasteiger partial charge in [0.2, 0.25) is 0 Å². The molecule has 0 saturated heterocycles. The van der Waals surface area contributed by atoms with Crippen LogP contribution in [0.5, 0.6) is 0 Å². The zero-order chi connectivity index (χ0) is 11.2. The summed E-state index contributed by atoms with van der Waals surface area (Å²) in [4.78, 5) is 21.6. The molecule has 0 aliphatic carbocycles. The molecule has 14 heavy (non-hydrogen) atoms. The summed E-state index contributed by atoms with van der Waals surface area (Å²) in [5, 5.41) is 0. The molecule has 0 aliphatic rings. The Balaban J connectivity index is 4.03. The van der Waals surface area contributed by atoms with Crippen molar-refractivity contribution in [1.82, 2.24) is 0 Å². The third-order valence-corrected chi connectivity index (χ3v) is 1.58. The van der Waals surface area contributed by atoms with Crippen molar-refractivity contribution in [3.8, 4) is 0 Å². The van der Waals surface area contributed by atoms with Crippen LogP contribution in [0.4, 0.5) is 0 Å². The lowest BCUT2D eigenvalue weighted by Gasteiger charge is -2.20. The Kier molecular flexibility index (Phi) is 5.13. The van der Waals surface area contributed by atoms with E-state index < -0.39 is 5.60 Å². The van der Waals surface area contributed by atoms with Crippen LogP contribution in [0, 0.1) is 5.92 Å². The van der Waals surface area contributed by atoms with Gasteiger partial charge >= 0.3 is 5.97 Å². The summed E-state index contributed by atoms with van der Waals surface area (Å²) < 4.78 is 5.11. The maximum absolute atomic E-state index is 11.3. The number of hydrogen-bond acceptors (Lipinski definition) is 3. The average Bonchev–Trinajstić information content (AvgIpc) is 2.00. The normalized spacial score (nSPS) is 13.1. The first-order chi connectivity index (χ1) is 6.39. The number of ether oxygens (including phenoxy) is 1. The highest BCUT2D eigenvalue weighted by molar-refractivity contribution is 5.71. The molecule has 0 unspecified atom stereocenters. The van der Waals surface area contributed by atoms with Crippen LogP contribution in [0.25, 0.3) is 0 Å². The summed E-state index contributed by atoms with van der Waals surface area (Å²) in [7, 11) is 0. The van der Waals surface area contributed by atoms with Gasteiger partial charge in [-0.05, 0) is 26.7 Å². The SMILES string of the molecule is C=C[C@@H](CC=O)CC(=O)OC(C)(C)C. The second kappa shape index (κ2) is 5.58. The van der Waals surface area contributed by atoms with E-state index in [0.29, 0.717) is 6.42 Å². The number of carbonyl (C=O) groups is 2. The van der Waals surface area contributed by atoms with Crippen molar-refractivity contribution in [1.29, 1.82) is 0 Å². The third-order valence-electron chi connectivity index (χ3n) is 1.58. The van der Waals surface area contributed by atoms with Crippen molar-refractivity contribution < 1.29 is 14.3 Å². The molecule has 0 saturated carbocycles. The van der Waals surface area contributed by atoms with Gasteiger partial charge in [-0.1, -0.05) is 6.08 Å². The largest absolute Gasteiger partial charge is 0.460 e. The van der Waals surface area contributed by atoms with Gasteiger partial charge in [0, 0.05) is 6.42 Å². The topological polar surface area (TPSA) is 43.4 Å². The monoisotopic (exact) mass is 198 g/mol. The Morgan fingerprint density at radius 1 is 1.50 bits per heavy atom. The van der Waals surface area contributed by atoms with Crippen LogP contribution in [-0.4, -0.2) is 17.9 Å². The van der Waals surface area contributed by atoms with Gasteiger partial charge in [-0.3, -0.25) is 4.79 Å². The molecule has 0 rings (SSSR count). The van der Waals surface area contributed by atoms with E-state index >= 15 is 0 Å². The van der Waals surface area contributed by atoms with Gasteiger partial charge in [-0.15, -0.1) is 6.58 Å².